The lowest BCUT2D eigenvalue weighted by atomic mass is 9.97. The van der Waals surface area contributed by atoms with Crippen molar-refractivity contribution in [2.24, 2.45) is 5.92 Å². The molecule has 5 rings (SSSR count). The third-order valence-electron chi connectivity index (χ3n) is 6.10. The second kappa shape index (κ2) is 6.55. The number of nitrogens with zero attached hydrogens (tertiary/aromatic N) is 1. The zero-order chi connectivity index (χ0) is 21.1. The van der Waals surface area contributed by atoms with Crippen molar-refractivity contribution < 1.29 is 27.3 Å². The zero-order valence-corrected chi connectivity index (χ0v) is 17.0. The highest BCUT2D eigenvalue weighted by atomic mass is 32.2. The van der Waals surface area contributed by atoms with E-state index >= 15 is 0 Å². The number of nitrogens with one attached hydrogen (secondary N) is 1. The normalized spacial score (nSPS) is 25.2. The van der Waals surface area contributed by atoms with E-state index in [1.54, 1.807) is 13.0 Å². The molecule has 2 aromatic heterocycles. The summed E-state index contributed by atoms with van der Waals surface area (Å²) in [7, 11) is -4.21. The van der Waals surface area contributed by atoms with E-state index < -0.39 is 27.4 Å². The summed E-state index contributed by atoms with van der Waals surface area (Å²) in [6.45, 7) is 1.71. The van der Waals surface area contributed by atoms with Crippen LogP contribution in [0.1, 0.15) is 35.6 Å². The van der Waals surface area contributed by atoms with Crippen LogP contribution in [0, 0.1) is 12.8 Å². The molecule has 9 heteroatoms. The third-order valence-corrected chi connectivity index (χ3v) is 7.46. The molecular weight excluding hydrogens is 408 g/mol. The Labute approximate surface area is 172 Å². The fourth-order valence-corrected chi connectivity index (χ4v) is 6.08. The van der Waals surface area contributed by atoms with E-state index in [2.05, 4.69) is 9.88 Å². The van der Waals surface area contributed by atoms with Crippen LogP contribution in [0.5, 0.6) is 0 Å². The second-order valence-corrected chi connectivity index (χ2v) is 9.51. The minimum Gasteiger partial charge on any atom is -0.480 e. The van der Waals surface area contributed by atoms with Gasteiger partial charge in [-0.3, -0.25) is 4.79 Å². The summed E-state index contributed by atoms with van der Waals surface area (Å²) in [6.07, 6.45) is 2.31. The van der Waals surface area contributed by atoms with Gasteiger partial charge in [-0.25, -0.2) is 8.42 Å². The fraction of sp³-hybridized carbons (Fsp3) is 0.333. The number of fused-ring (bicyclic) bond motifs is 3. The highest BCUT2D eigenvalue weighted by molar-refractivity contribution is 7.89. The first-order valence-corrected chi connectivity index (χ1v) is 11.2. The van der Waals surface area contributed by atoms with Gasteiger partial charge in [-0.05, 0) is 55.4 Å². The van der Waals surface area contributed by atoms with E-state index in [0.717, 1.165) is 24.0 Å². The smallest absolute Gasteiger partial charge is 0.325 e. The van der Waals surface area contributed by atoms with Crippen LogP contribution < -0.4 is 4.72 Å². The number of hydrogen-bond donors (Lipinski definition) is 2. The highest BCUT2D eigenvalue weighted by Gasteiger charge is 2.72. The van der Waals surface area contributed by atoms with Gasteiger partial charge >= 0.3 is 5.97 Å². The Morgan fingerprint density at radius 2 is 2.07 bits per heavy atom. The number of aromatic nitrogens is 1. The van der Waals surface area contributed by atoms with Gasteiger partial charge in [0.15, 0.2) is 5.76 Å². The van der Waals surface area contributed by atoms with Crippen molar-refractivity contribution >= 4 is 16.0 Å². The van der Waals surface area contributed by atoms with Crippen molar-refractivity contribution in [3.8, 4) is 11.5 Å². The summed E-state index contributed by atoms with van der Waals surface area (Å²) in [5, 5.41) is 13.5. The van der Waals surface area contributed by atoms with Crippen molar-refractivity contribution in [1.29, 1.82) is 0 Å². The predicted molar refractivity (Wildman–Crippen MR) is 105 cm³/mol. The molecule has 30 heavy (non-hydrogen) atoms. The van der Waals surface area contributed by atoms with Crippen molar-refractivity contribution in [2.45, 2.75) is 42.7 Å². The molecule has 3 unspecified atom stereocenters. The van der Waals surface area contributed by atoms with E-state index in [4.69, 9.17) is 8.94 Å². The SMILES string of the molecule is Cc1cc(-c2ccc(S(=O)(=O)NC3(C(=O)O)C4CCCc5ccccc5C43)o2)no1. The molecule has 2 N–H and O–H groups in total. The fourth-order valence-electron chi connectivity index (χ4n) is 4.73. The molecule has 2 aliphatic carbocycles. The van der Waals surface area contributed by atoms with Gasteiger partial charge in [0.25, 0.3) is 10.0 Å². The van der Waals surface area contributed by atoms with Crippen LogP contribution in [-0.2, 0) is 21.2 Å². The summed E-state index contributed by atoms with van der Waals surface area (Å²) in [4.78, 5) is 12.3. The third kappa shape index (κ3) is 2.80. The van der Waals surface area contributed by atoms with Gasteiger partial charge < -0.3 is 14.0 Å². The molecule has 3 atom stereocenters. The number of carbonyl (C=O) groups is 1. The Bertz CT molecular complexity index is 1240. The van der Waals surface area contributed by atoms with Crippen molar-refractivity contribution in [2.75, 3.05) is 0 Å². The first kappa shape index (κ1) is 19.1. The average Bonchev–Trinajstić information content (AvgIpc) is 3.00. The van der Waals surface area contributed by atoms with Crippen LogP contribution in [0.3, 0.4) is 0 Å². The van der Waals surface area contributed by atoms with Crippen LogP contribution in [0.4, 0.5) is 0 Å². The largest absolute Gasteiger partial charge is 0.480 e. The number of sulfonamides is 1. The van der Waals surface area contributed by atoms with Crippen LogP contribution in [0.15, 0.2) is 56.5 Å². The van der Waals surface area contributed by atoms with Crippen LogP contribution in [0.25, 0.3) is 11.5 Å². The number of hydrogen-bond acceptors (Lipinski definition) is 6. The Kier molecular flexibility index (Phi) is 4.16. The molecule has 0 bridgehead atoms. The van der Waals surface area contributed by atoms with Gasteiger partial charge in [-0.2, -0.15) is 4.72 Å². The number of aliphatic carboxylic acids is 1. The zero-order valence-electron chi connectivity index (χ0n) is 16.2. The maximum atomic E-state index is 13.1. The number of furan rings is 1. The summed E-state index contributed by atoms with van der Waals surface area (Å²) in [6, 6.07) is 12.1. The molecule has 0 radical (unpaired) electrons. The lowest BCUT2D eigenvalue weighted by Crippen LogP contribution is -2.46. The molecular formula is C21H20N2O6S. The molecule has 0 aliphatic heterocycles. The van der Waals surface area contributed by atoms with E-state index in [0.29, 0.717) is 17.9 Å². The minimum atomic E-state index is -4.21. The van der Waals surface area contributed by atoms with Crippen LogP contribution >= 0.6 is 0 Å². The van der Waals surface area contributed by atoms with Crippen molar-refractivity contribution in [3.63, 3.8) is 0 Å². The quantitative estimate of drug-likeness (QED) is 0.640. The Morgan fingerprint density at radius 3 is 2.80 bits per heavy atom. The average molecular weight is 428 g/mol. The van der Waals surface area contributed by atoms with Gasteiger partial charge in [-0.15, -0.1) is 0 Å². The maximum Gasteiger partial charge on any atom is 0.325 e. The molecule has 156 valence electrons. The maximum absolute atomic E-state index is 13.1. The second-order valence-electron chi connectivity index (χ2n) is 7.90. The van der Waals surface area contributed by atoms with Crippen LogP contribution in [-0.4, -0.2) is 30.2 Å². The Morgan fingerprint density at radius 1 is 1.27 bits per heavy atom. The lowest BCUT2D eigenvalue weighted by Gasteiger charge is -2.17. The van der Waals surface area contributed by atoms with E-state index in [9.17, 15) is 18.3 Å². The van der Waals surface area contributed by atoms with Crippen molar-refractivity contribution in [3.05, 3.63) is 59.4 Å². The molecule has 1 fully saturated rings. The summed E-state index contributed by atoms with van der Waals surface area (Å²) in [5.74, 6) is -1.09. The molecule has 8 nitrogen and oxygen atoms in total. The number of carboxylic acid groups (broad SMARTS) is 1. The summed E-state index contributed by atoms with van der Waals surface area (Å²) in [5.41, 5.74) is 0.775. The lowest BCUT2D eigenvalue weighted by molar-refractivity contribution is -0.140. The molecule has 0 saturated heterocycles. The monoisotopic (exact) mass is 428 g/mol. The van der Waals surface area contributed by atoms with Gasteiger partial charge in [0.1, 0.15) is 17.0 Å². The van der Waals surface area contributed by atoms with Crippen molar-refractivity contribution in [1.82, 2.24) is 9.88 Å². The molecule has 3 aromatic rings. The van der Waals surface area contributed by atoms with E-state index in [1.165, 1.54) is 12.1 Å². The molecule has 2 aliphatic rings. The van der Waals surface area contributed by atoms with Crippen LogP contribution in [0.2, 0.25) is 0 Å². The molecule has 0 amide bonds. The number of carboxylic acids is 1. The molecule has 2 heterocycles. The number of benzene rings is 1. The summed E-state index contributed by atoms with van der Waals surface area (Å²) >= 11 is 0. The van der Waals surface area contributed by atoms with Gasteiger partial charge in [0.05, 0.1) is 0 Å². The van der Waals surface area contributed by atoms with Gasteiger partial charge in [0.2, 0.25) is 5.09 Å². The topological polar surface area (TPSA) is 123 Å². The molecule has 0 spiro atoms. The standard InChI is InChI=1S/C21H20N2O6S/c1-12-11-16(22-29-12)17-9-10-18(28-17)30(26,27)23-21(20(24)25)15-8-4-6-13-5-2-3-7-14(13)19(15)21/h2-3,5,7,9-11,15,19,23H,4,6,8H2,1H3,(H,24,25). The number of rotatable bonds is 5. The minimum absolute atomic E-state index is 0.229. The Balaban J connectivity index is 1.50. The Hall–Kier alpha value is -2.91. The summed E-state index contributed by atoms with van der Waals surface area (Å²) < 4.78 is 39.1. The van der Waals surface area contributed by atoms with Gasteiger partial charge in [0, 0.05) is 12.0 Å². The van der Waals surface area contributed by atoms with E-state index in [-0.39, 0.29) is 16.8 Å². The first-order chi connectivity index (χ1) is 14.3. The first-order valence-electron chi connectivity index (χ1n) is 9.71. The molecule has 1 aromatic carbocycles. The predicted octanol–water partition coefficient (Wildman–Crippen LogP) is 3.09. The van der Waals surface area contributed by atoms with Gasteiger partial charge in [-0.1, -0.05) is 29.4 Å². The number of aryl methyl sites for hydroxylation is 2. The molecule has 1 saturated carbocycles. The highest BCUT2D eigenvalue weighted by Crippen LogP contribution is 2.62. The van der Waals surface area contributed by atoms with E-state index in [1.807, 2.05) is 24.3 Å².